The fourth-order valence-electron chi connectivity index (χ4n) is 1.32. The van der Waals surface area contributed by atoms with Crippen molar-refractivity contribution in [1.82, 2.24) is 10.3 Å². The van der Waals surface area contributed by atoms with E-state index in [1.165, 1.54) is 0 Å². The Labute approximate surface area is 115 Å². The quantitative estimate of drug-likeness (QED) is 0.840. The number of hydrogen-bond acceptors (Lipinski definition) is 4. The first-order valence-corrected chi connectivity index (χ1v) is 6.33. The molecule has 0 aliphatic heterocycles. The highest BCUT2D eigenvalue weighted by molar-refractivity contribution is 9.10. The third kappa shape index (κ3) is 5.01. The molecule has 0 aliphatic carbocycles. The third-order valence-corrected chi connectivity index (χ3v) is 2.46. The van der Waals surface area contributed by atoms with Crippen molar-refractivity contribution in [3.05, 3.63) is 28.5 Å². The molecule has 1 rings (SSSR count). The predicted octanol–water partition coefficient (Wildman–Crippen LogP) is 2.40. The van der Waals surface area contributed by atoms with Crippen LogP contribution in [0.3, 0.4) is 0 Å². The Morgan fingerprint density at radius 2 is 2.28 bits per heavy atom. The normalized spacial score (nSPS) is 12.9. The van der Waals surface area contributed by atoms with Gasteiger partial charge in [0.1, 0.15) is 10.2 Å². The average Bonchev–Trinajstić information content (AvgIpc) is 2.23. The minimum atomic E-state index is -0.567. The van der Waals surface area contributed by atoms with Gasteiger partial charge in [0.2, 0.25) is 0 Å². The van der Waals surface area contributed by atoms with E-state index in [9.17, 15) is 9.90 Å². The smallest absolute Gasteiger partial charge is 0.408 e. The number of pyridine rings is 1. The molecule has 1 aromatic heterocycles. The molecule has 18 heavy (non-hydrogen) atoms. The number of alkyl carbamates (subject to hydrolysis) is 1. The molecule has 1 aromatic rings. The number of carbonyl (C=O) groups excluding carboxylic acids is 1. The lowest BCUT2D eigenvalue weighted by Gasteiger charge is -2.23. The van der Waals surface area contributed by atoms with Gasteiger partial charge in [-0.2, -0.15) is 0 Å². The van der Waals surface area contributed by atoms with Crippen molar-refractivity contribution in [3.63, 3.8) is 0 Å². The lowest BCUT2D eigenvalue weighted by atomic mass is 10.1. The Balaban J connectivity index is 2.71. The van der Waals surface area contributed by atoms with E-state index in [0.717, 1.165) is 5.56 Å². The van der Waals surface area contributed by atoms with Crippen molar-refractivity contribution in [2.24, 2.45) is 0 Å². The molecule has 2 N–H and O–H groups in total. The Morgan fingerprint density at radius 3 is 2.78 bits per heavy atom. The molecule has 6 heteroatoms. The summed E-state index contributed by atoms with van der Waals surface area (Å²) in [6, 6.07) is 2.94. The number of aliphatic hydroxyl groups is 1. The average molecular weight is 317 g/mol. The molecule has 1 atom stereocenters. The molecule has 1 heterocycles. The standard InChI is InChI=1S/C12H17BrN2O3/c1-12(2,3)18-11(17)15-9(7-16)8-4-5-14-10(13)6-8/h4-6,9,16H,7H2,1-3H3,(H,15,17). The largest absolute Gasteiger partial charge is 0.444 e. The second kappa shape index (κ2) is 6.15. The Morgan fingerprint density at radius 1 is 1.61 bits per heavy atom. The van der Waals surface area contributed by atoms with Gasteiger partial charge in [-0.05, 0) is 54.4 Å². The van der Waals surface area contributed by atoms with Crippen LogP contribution in [0.4, 0.5) is 4.79 Å². The maximum Gasteiger partial charge on any atom is 0.408 e. The number of carbonyl (C=O) groups is 1. The van der Waals surface area contributed by atoms with Crippen LogP contribution >= 0.6 is 15.9 Å². The highest BCUT2D eigenvalue weighted by Gasteiger charge is 2.20. The summed E-state index contributed by atoms with van der Waals surface area (Å²) in [6.45, 7) is 5.13. The second-order valence-electron chi connectivity index (χ2n) is 4.79. The molecule has 0 saturated carbocycles. The van der Waals surface area contributed by atoms with Crippen LogP contribution in [0.15, 0.2) is 22.9 Å². The van der Waals surface area contributed by atoms with Crippen molar-refractivity contribution in [1.29, 1.82) is 0 Å². The molecule has 0 spiro atoms. The summed E-state index contributed by atoms with van der Waals surface area (Å²) in [5.41, 5.74) is 0.188. The highest BCUT2D eigenvalue weighted by Crippen LogP contribution is 2.16. The number of aliphatic hydroxyl groups excluding tert-OH is 1. The van der Waals surface area contributed by atoms with Crippen LogP contribution < -0.4 is 5.32 Å². The SMILES string of the molecule is CC(C)(C)OC(=O)NC(CO)c1ccnc(Br)c1. The van der Waals surface area contributed by atoms with E-state index in [1.54, 1.807) is 39.1 Å². The van der Waals surface area contributed by atoms with E-state index in [-0.39, 0.29) is 6.61 Å². The molecule has 1 amide bonds. The zero-order valence-electron chi connectivity index (χ0n) is 10.6. The van der Waals surface area contributed by atoms with Gasteiger partial charge in [0, 0.05) is 6.20 Å². The summed E-state index contributed by atoms with van der Waals surface area (Å²) in [5, 5.41) is 11.9. The van der Waals surface area contributed by atoms with Crippen LogP contribution in [0.1, 0.15) is 32.4 Å². The summed E-state index contributed by atoms with van der Waals surface area (Å²) >= 11 is 3.24. The number of nitrogens with one attached hydrogen (secondary N) is 1. The van der Waals surface area contributed by atoms with Crippen LogP contribution in [0.2, 0.25) is 0 Å². The molecule has 0 aliphatic rings. The summed E-state index contributed by atoms with van der Waals surface area (Å²) in [5.74, 6) is 0. The maximum absolute atomic E-state index is 11.6. The van der Waals surface area contributed by atoms with E-state index in [1.807, 2.05) is 0 Å². The minimum absolute atomic E-state index is 0.213. The van der Waals surface area contributed by atoms with Crippen molar-refractivity contribution in [3.8, 4) is 0 Å². The van der Waals surface area contributed by atoms with E-state index in [4.69, 9.17) is 4.74 Å². The molecule has 1 unspecified atom stereocenters. The Bertz CT molecular complexity index is 418. The summed E-state index contributed by atoms with van der Waals surface area (Å²) in [4.78, 5) is 15.6. The van der Waals surface area contributed by atoms with Gasteiger partial charge in [0.05, 0.1) is 12.6 Å². The first kappa shape index (κ1) is 14.9. The van der Waals surface area contributed by atoms with Crippen LogP contribution in [-0.2, 0) is 4.74 Å². The fraction of sp³-hybridized carbons (Fsp3) is 0.500. The number of aromatic nitrogens is 1. The van der Waals surface area contributed by atoms with Crippen molar-refractivity contribution in [2.75, 3.05) is 6.61 Å². The van der Waals surface area contributed by atoms with Gasteiger partial charge in [-0.3, -0.25) is 0 Å². The zero-order chi connectivity index (χ0) is 13.8. The summed E-state index contributed by atoms with van der Waals surface area (Å²) in [6.07, 6.45) is 1.04. The van der Waals surface area contributed by atoms with Crippen molar-refractivity contribution < 1.29 is 14.6 Å². The maximum atomic E-state index is 11.6. The van der Waals surface area contributed by atoms with Crippen LogP contribution in [0.5, 0.6) is 0 Å². The number of rotatable bonds is 3. The van der Waals surface area contributed by atoms with E-state index in [0.29, 0.717) is 4.60 Å². The van der Waals surface area contributed by atoms with Gasteiger partial charge < -0.3 is 15.2 Å². The number of nitrogens with zero attached hydrogens (tertiary/aromatic N) is 1. The first-order valence-electron chi connectivity index (χ1n) is 5.53. The van der Waals surface area contributed by atoms with E-state index in [2.05, 4.69) is 26.2 Å². The van der Waals surface area contributed by atoms with E-state index >= 15 is 0 Å². The lowest BCUT2D eigenvalue weighted by Crippen LogP contribution is -2.36. The van der Waals surface area contributed by atoms with Crippen molar-refractivity contribution >= 4 is 22.0 Å². The predicted molar refractivity (Wildman–Crippen MR) is 71.1 cm³/mol. The van der Waals surface area contributed by atoms with Gasteiger partial charge in [-0.25, -0.2) is 9.78 Å². The number of ether oxygens (including phenoxy) is 1. The molecule has 0 saturated heterocycles. The van der Waals surface area contributed by atoms with Crippen LogP contribution in [-0.4, -0.2) is 28.4 Å². The minimum Gasteiger partial charge on any atom is -0.444 e. The molecule has 0 fully saturated rings. The van der Waals surface area contributed by atoms with Crippen molar-refractivity contribution in [2.45, 2.75) is 32.4 Å². The Hall–Kier alpha value is -1.14. The Kier molecular flexibility index (Phi) is 5.10. The van der Waals surface area contributed by atoms with Gasteiger partial charge in [-0.1, -0.05) is 0 Å². The number of halogens is 1. The lowest BCUT2D eigenvalue weighted by molar-refractivity contribution is 0.0482. The monoisotopic (exact) mass is 316 g/mol. The highest BCUT2D eigenvalue weighted by atomic mass is 79.9. The van der Waals surface area contributed by atoms with Gasteiger partial charge >= 0.3 is 6.09 Å². The third-order valence-electron chi connectivity index (χ3n) is 2.03. The fourth-order valence-corrected chi connectivity index (χ4v) is 1.70. The molecule has 0 bridgehead atoms. The summed E-state index contributed by atoms with van der Waals surface area (Å²) < 4.78 is 5.78. The first-order chi connectivity index (χ1) is 8.31. The zero-order valence-corrected chi connectivity index (χ0v) is 12.2. The molecular weight excluding hydrogens is 300 g/mol. The van der Waals surface area contributed by atoms with Crippen LogP contribution in [0.25, 0.3) is 0 Å². The number of amides is 1. The summed E-state index contributed by atoms with van der Waals surface area (Å²) in [7, 11) is 0. The van der Waals surface area contributed by atoms with Gasteiger partial charge in [0.25, 0.3) is 0 Å². The molecule has 100 valence electrons. The van der Waals surface area contributed by atoms with Crippen LogP contribution in [0, 0.1) is 0 Å². The topological polar surface area (TPSA) is 71.5 Å². The number of hydrogen-bond donors (Lipinski definition) is 2. The second-order valence-corrected chi connectivity index (χ2v) is 5.61. The van der Waals surface area contributed by atoms with Gasteiger partial charge in [-0.15, -0.1) is 0 Å². The molecule has 0 radical (unpaired) electrons. The molecule has 5 nitrogen and oxygen atoms in total. The molecular formula is C12H17BrN2O3. The van der Waals surface area contributed by atoms with Gasteiger partial charge in [0.15, 0.2) is 0 Å². The molecule has 0 aromatic carbocycles. The van der Waals surface area contributed by atoms with E-state index < -0.39 is 17.7 Å².